The van der Waals surface area contributed by atoms with E-state index in [1.54, 1.807) is 0 Å². The van der Waals surface area contributed by atoms with Crippen molar-refractivity contribution >= 4 is 17.4 Å². The highest BCUT2D eigenvalue weighted by Crippen LogP contribution is 2.24. The molecule has 0 aliphatic carbocycles. The quantitative estimate of drug-likeness (QED) is 0.829. The van der Waals surface area contributed by atoms with Crippen LogP contribution in [0.4, 0.5) is 5.82 Å². The van der Waals surface area contributed by atoms with Crippen molar-refractivity contribution in [1.29, 1.82) is 0 Å². The molecule has 1 aliphatic rings. The van der Waals surface area contributed by atoms with Gasteiger partial charge in [0, 0.05) is 23.3 Å². The number of aromatic nitrogens is 1. The number of nitrogens with zero attached hydrogens (tertiary/aromatic N) is 2. The molecule has 18 heavy (non-hydrogen) atoms. The maximum absolute atomic E-state index is 6.00. The van der Waals surface area contributed by atoms with Crippen molar-refractivity contribution in [1.82, 2.24) is 4.98 Å². The molecule has 0 bridgehead atoms. The van der Waals surface area contributed by atoms with Crippen LogP contribution in [0.2, 0.25) is 5.02 Å². The predicted molar refractivity (Wildman–Crippen MR) is 71.5 cm³/mol. The number of ether oxygens (including phenoxy) is 1. The molecule has 0 fully saturated rings. The van der Waals surface area contributed by atoms with Gasteiger partial charge in [-0.05, 0) is 23.8 Å². The van der Waals surface area contributed by atoms with Gasteiger partial charge < -0.3 is 9.64 Å². The molecule has 1 aliphatic heterocycles. The lowest BCUT2D eigenvalue weighted by molar-refractivity contribution is 0.108. The van der Waals surface area contributed by atoms with Crippen LogP contribution in [0, 0.1) is 0 Å². The van der Waals surface area contributed by atoms with Crippen molar-refractivity contribution in [2.75, 3.05) is 11.6 Å². The molecular formula is C14H13ClN2O. The summed E-state index contributed by atoms with van der Waals surface area (Å²) in [4.78, 5) is 6.55. The number of anilines is 1. The molecule has 92 valence electrons. The minimum Gasteiger partial charge on any atom is -0.356 e. The average molecular weight is 261 g/mol. The summed E-state index contributed by atoms with van der Waals surface area (Å²) < 4.78 is 5.56. The van der Waals surface area contributed by atoms with Crippen LogP contribution in [0.15, 0.2) is 42.6 Å². The summed E-state index contributed by atoms with van der Waals surface area (Å²) >= 11 is 6.00. The molecule has 0 atom stereocenters. The topological polar surface area (TPSA) is 25.4 Å². The summed E-state index contributed by atoms with van der Waals surface area (Å²) in [7, 11) is 0. The number of halogens is 1. The third-order valence-corrected chi connectivity index (χ3v) is 3.17. The second-order valence-electron chi connectivity index (χ2n) is 4.29. The number of benzene rings is 1. The fourth-order valence-corrected chi connectivity index (χ4v) is 2.34. The Bertz CT molecular complexity index is 559. The SMILES string of the molecule is Clc1cccc(CN2COCc3cccnc32)c1. The van der Waals surface area contributed by atoms with Crippen LogP contribution < -0.4 is 4.90 Å². The number of rotatable bonds is 2. The van der Waals surface area contributed by atoms with Crippen molar-refractivity contribution in [2.45, 2.75) is 13.2 Å². The lowest BCUT2D eigenvalue weighted by Gasteiger charge is -2.29. The van der Waals surface area contributed by atoms with Crippen molar-refractivity contribution in [3.8, 4) is 0 Å². The summed E-state index contributed by atoms with van der Waals surface area (Å²) in [5, 5.41) is 0.756. The zero-order valence-corrected chi connectivity index (χ0v) is 10.6. The molecule has 3 rings (SSSR count). The molecular weight excluding hydrogens is 248 g/mol. The van der Waals surface area contributed by atoms with E-state index in [9.17, 15) is 0 Å². The Labute approximate surface area is 111 Å². The summed E-state index contributed by atoms with van der Waals surface area (Å²) in [6.07, 6.45) is 1.81. The van der Waals surface area contributed by atoms with Gasteiger partial charge in [-0.25, -0.2) is 4.98 Å². The molecule has 0 saturated heterocycles. The van der Waals surface area contributed by atoms with Gasteiger partial charge in [-0.1, -0.05) is 29.8 Å². The molecule has 0 amide bonds. The van der Waals surface area contributed by atoms with Crippen LogP contribution in [0.3, 0.4) is 0 Å². The van der Waals surface area contributed by atoms with Crippen LogP contribution in [-0.4, -0.2) is 11.7 Å². The molecule has 4 heteroatoms. The van der Waals surface area contributed by atoms with E-state index < -0.39 is 0 Å². The van der Waals surface area contributed by atoms with E-state index in [-0.39, 0.29) is 0 Å². The Morgan fingerprint density at radius 3 is 3.11 bits per heavy atom. The third-order valence-electron chi connectivity index (χ3n) is 2.93. The van der Waals surface area contributed by atoms with Crippen LogP contribution in [0.1, 0.15) is 11.1 Å². The predicted octanol–water partition coefficient (Wildman–Crippen LogP) is 3.23. The average Bonchev–Trinajstić information content (AvgIpc) is 2.39. The zero-order chi connectivity index (χ0) is 12.4. The Balaban J connectivity index is 1.86. The monoisotopic (exact) mass is 260 g/mol. The second kappa shape index (κ2) is 4.96. The van der Waals surface area contributed by atoms with E-state index in [0.29, 0.717) is 13.3 Å². The maximum atomic E-state index is 6.00. The van der Waals surface area contributed by atoms with Gasteiger partial charge in [0.05, 0.1) is 6.61 Å². The first-order valence-electron chi connectivity index (χ1n) is 5.84. The Hall–Kier alpha value is -1.58. The number of hydrogen-bond acceptors (Lipinski definition) is 3. The zero-order valence-electron chi connectivity index (χ0n) is 9.84. The molecule has 0 N–H and O–H groups in total. The lowest BCUT2D eigenvalue weighted by atomic mass is 10.2. The molecule has 0 radical (unpaired) electrons. The van der Waals surface area contributed by atoms with E-state index in [4.69, 9.17) is 16.3 Å². The minimum atomic E-state index is 0.566. The summed E-state index contributed by atoms with van der Waals surface area (Å²) in [5.74, 6) is 1.00. The first kappa shape index (κ1) is 11.5. The first-order chi connectivity index (χ1) is 8.83. The molecule has 2 aromatic rings. The number of fused-ring (bicyclic) bond motifs is 1. The van der Waals surface area contributed by atoms with Crippen LogP contribution >= 0.6 is 11.6 Å². The smallest absolute Gasteiger partial charge is 0.136 e. The van der Waals surface area contributed by atoms with Gasteiger partial charge in [0.2, 0.25) is 0 Å². The normalized spacial score (nSPS) is 14.4. The standard InChI is InChI=1S/C14H13ClN2O/c15-13-5-1-3-11(7-13)8-17-10-18-9-12-4-2-6-16-14(12)17/h1-7H,8-10H2. The number of hydrogen-bond donors (Lipinski definition) is 0. The minimum absolute atomic E-state index is 0.566. The van der Waals surface area contributed by atoms with Gasteiger partial charge in [-0.3, -0.25) is 0 Å². The number of pyridine rings is 1. The van der Waals surface area contributed by atoms with E-state index in [0.717, 1.165) is 28.5 Å². The molecule has 1 aromatic carbocycles. The van der Waals surface area contributed by atoms with E-state index >= 15 is 0 Å². The fourth-order valence-electron chi connectivity index (χ4n) is 2.13. The molecule has 3 nitrogen and oxygen atoms in total. The summed E-state index contributed by atoms with van der Waals surface area (Å²) in [6, 6.07) is 11.9. The van der Waals surface area contributed by atoms with Crippen molar-refractivity contribution in [3.63, 3.8) is 0 Å². The molecule has 2 heterocycles. The Morgan fingerprint density at radius 1 is 1.28 bits per heavy atom. The Morgan fingerprint density at radius 2 is 2.22 bits per heavy atom. The highest BCUT2D eigenvalue weighted by atomic mass is 35.5. The molecule has 0 saturated carbocycles. The van der Waals surface area contributed by atoms with Gasteiger partial charge in [-0.2, -0.15) is 0 Å². The fraction of sp³-hybridized carbons (Fsp3) is 0.214. The highest BCUT2D eigenvalue weighted by Gasteiger charge is 2.18. The van der Waals surface area contributed by atoms with Crippen molar-refractivity contribution in [2.24, 2.45) is 0 Å². The highest BCUT2D eigenvalue weighted by molar-refractivity contribution is 6.30. The second-order valence-corrected chi connectivity index (χ2v) is 4.73. The third kappa shape index (κ3) is 2.33. The van der Waals surface area contributed by atoms with Crippen molar-refractivity contribution < 1.29 is 4.74 Å². The Kier molecular flexibility index (Phi) is 3.17. The van der Waals surface area contributed by atoms with Crippen molar-refractivity contribution in [3.05, 3.63) is 58.7 Å². The maximum Gasteiger partial charge on any atom is 0.136 e. The van der Waals surface area contributed by atoms with Gasteiger partial charge in [0.15, 0.2) is 0 Å². The van der Waals surface area contributed by atoms with Gasteiger partial charge >= 0.3 is 0 Å². The van der Waals surface area contributed by atoms with Gasteiger partial charge in [0.25, 0.3) is 0 Å². The molecule has 0 spiro atoms. The van der Waals surface area contributed by atoms with E-state index in [1.807, 2.05) is 36.5 Å². The van der Waals surface area contributed by atoms with E-state index in [1.165, 1.54) is 0 Å². The lowest BCUT2D eigenvalue weighted by Crippen LogP contribution is -2.31. The van der Waals surface area contributed by atoms with Crippen LogP contribution in [0.25, 0.3) is 0 Å². The van der Waals surface area contributed by atoms with Crippen LogP contribution in [0.5, 0.6) is 0 Å². The van der Waals surface area contributed by atoms with E-state index in [2.05, 4.69) is 16.0 Å². The van der Waals surface area contributed by atoms with Gasteiger partial charge in [-0.15, -0.1) is 0 Å². The first-order valence-corrected chi connectivity index (χ1v) is 6.22. The summed E-state index contributed by atoms with van der Waals surface area (Å²) in [6.45, 7) is 1.95. The molecule has 0 unspecified atom stereocenters. The molecule has 1 aromatic heterocycles. The van der Waals surface area contributed by atoms with Crippen LogP contribution in [-0.2, 0) is 17.9 Å². The largest absolute Gasteiger partial charge is 0.356 e. The summed E-state index contributed by atoms with van der Waals surface area (Å²) in [5.41, 5.74) is 2.29. The van der Waals surface area contributed by atoms with Gasteiger partial charge in [0.1, 0.15) is 12.5 Å².